The van der Waals surface area contributed by atoms with Crippen molar-refractivity contribution in [3.05, 3.63) is 0 Å². The molecule has 120 valence electrons. The van der Waals surface area contributed by atoms with E-state index in [9.17, 15) is 9.59 Å². The Morgan fingerprint density at radius 3 is 2.19 bits per heavy atom. The van der Waals surface area contributed by atoms with Crippen molar-refractivity contribution < 1.29 is 19.4 Å². The number of hydrogen-bond acceptors (Lipinski definition) is 4. The molecule has 1 amide bonds. The van der Waals surface area contributed by atoms with Crippen molar-refractivity contribution in [3.8, 4) is 0 Å². The summed E-state index contributed by atoms with van der Waals surface area (Å²) in [6.45, 7) is 3.69. The maximum atomic E-state index is 12.3. The van der Waals surface area contributed by atoms with Crippen molar-refractivity contribution in [2.75, 3.05) is 39.3 Å². The first kappa shape index (κ1) is 16.2. The van der Waals surface area contributed by atoms with Gasteiger partial charge in [0.25, 0.3) is 0 Å². The van der Waals surface area contributed by atoms with E-state index in [1.165, 1.54) is 12.8 Å². The largest absolute Gasteiger partial charge is 0.480 e. The van der Waals surface area contributed by atoms with Crippen LogP contribution in [0.4, 0.5) is 0 Å². The van der Waals surface area contributed by atoms with Crippen LogP contribution >= 0.6 is 0 Å². The summed E-state index contributed by atoms with van der Waals surface area (Å²) >= 11 is 0. The van der Waals surface area contributed by atoms with Crippen molar-refractivity contribution in [1.29, 1.82) is 0 Å². The molecule has 0 atom stereocenters. The van der Waals surface area contributed by atoms with Gasteiger partial charge in [-0.25, -0.2) is 4.79 Å². The van der Waals surface area contributed by atoms with E-state index >= 15 is 0 Å². The summed E-state index contributed by atoms with van der Waals surface area (Å²) in [6, 6.07) is 0. The molecule has 0 aliphatic carbocycles. The maximum absolute atomic E-state index is 12.3. The fourth-order valence-corrected chi connectivity index (χ4v) is 3.03. The Kier molecular flexibility index (Phi) is 6.45. The summed E-state index contributed by atoms with van der Waals surface area (Å²) in [5, 5.41) is 8.60. The van der Waals surface area contributed by atoms with Crippen molar-refractivity contribution in [2.45, 2.75) is 44.6 Å². The van der Waals surface area contributed by atoms with Crippen LogP contribution in [0.1, 0.15) is 38.5 Å². The van der Waals surface area contributed by atoms with Gasteiger partial charge in [0.05, 0.1) is 12.6 Å². The first-order chi connectivity index (χ1) is 10.1. The lowest BCUT2D eigenvalue weighted by atomic mass is 10.1. The Balaban J connectivity index is 1.67. The number of nitrogens with zero attached hydrogens (tertiary/aromatic N) is 2. The molecular weight excluding hydrogens is 272 g/mol. The number of ether oxygens (including phenoxy) is 1. The van der Waals surface area contributed by atoms with E-state index in [1.54, 1.807) is 0 Å². The van der Waals surface area contributed by atoms with Crippen molar-refractivity contribution in [2.24, 2.45) is 0 Å². The first-order valence-electron chi connectivity index (χ1n) is 7.98. The van der Waals surface area contributed by atoms with Gasteiger partial charge in [-0.05, 0) is 25.7 Å². The third kappa shape index (κ3) is 5.63. The van der Waals surface area contributed by atoms with Gasteiger partial charge in [0, 0.05) is 26.2 Å². The minimum atomic E-state index is -0.922. The highest BCUT2D eigenvalue weighted by Crippen LogP contribution is 2.15. The topological polar surface area (TPSA) is 70.1 Å². The molecule has 0 aromatic carbocycles. The Morgan fingerprint density at radius 1 is 1.00 bits per heavy atom. The lowest BCUT2D eigenvalue weighted by Gasteiger charge is -2.32. The predicted molar refractivity (Wildman–Crippen MR) is 78.1 cm³/mol. The third-order valence-corrected chi connectivity index (χ3v) is 4.29. The molecular formula is C15H26N2O4. The molecule has 2 aliphatic heterocycles. The van der Waals surface area contributed by atoms with Crippen LogP contribution < -0.4 is 0 Å². The second kappa shape index (κ2) is 8.34. The quantitative estimate of drug-likeness (QED) is 0.818. The van der Waals surface area contributed by atoms with Gasteiger partial charge in [-0.3, -0.25) is 9.69 Å². The zero-order chi connectivity index (χ0) is 15.1. The Bertz CT molecular complexity index is 346. The molecule has 0 bridgehead atoms. The van der Waals surface area contributed by atoms with Gasteiger partial charge >= 0.3 is 5.97 Å². The van der Waals surface area contributed by atoms with Crippen molar-refractivity contribution in [3.63, 3.8) is 0 Å². The number of piperidine rings is 1. The number of aliphatic carboxylic acids is 1. The molecule has 0 unspecified atom stereocenters. The normalized spacial score (nSPS) is 22.0. The van der Waals surface area contributed by atoms with E-state index in [2.05, 4.69) is 4.90 Å². The number of hydrogen-bond donors (Lipinski definition) is 1. The number of rotatable bonds is 5. The van der Waals surface area contributed by atoms with E-state index in [4.69, 9.17) is 9.84 Å². The second-order valence-corrected chi connectivity index (χ2v) is 5.98. The molecule has 0 aromatic rings. The average molecular weight is 298 g/mol. The minimum absolute atomic E-state index is 0.0191. The minimum Gasteiger partial charge on any atom is -0.480 e. The van der Waals surface area contributed by atoms with Crippen molar-refractivity contribution >= 4 is 11.9 Å². The number of likely N-dealkylation sites (tertiary alicyclic amines) is 2. The van der Waals surface area contributed by atoms with Gasteiger partial charge in [-0.1, -0.05) is 12.8 Å². The number of carbonyl (C=O) groups is 2. The highest BCUT2D eigenvalue weighted by Gasteiger charge is 2.24. The molecule has 0 saturated carbocycles. The fourth-order valence-electron chi connectivity index (χ4n) is 3.03. The van der Waals surface area contributed by atoms with E-state index < -0.39 is 5.97 Å². The van der Waals surface area contributed by atoms with E-state index in [1.807, 2.05) is 4.90 Å². The molecule has 6 nitrogen and oxygen atoms in total. The molecule has 2 saturated heterocycles. The second-order valence-electron chi connectivity index (χ2n) is 5.98. The van der Waals surface area contributed by atoms with E-state index in [-0.39, 0.29) is 18.6 Å². The molecule has 2 fully saturated rings. The molecule has 1 N–H and O–H groups in total. The third-order valence-electron chi connectivity index (χ3n) is 4.29. The maximum Gasteiger partial charge on any atom is 0.329 e. The highest BCUT2D eigenvalue weighted by molar-refractivity contribution is 5.78. The van der Waals surface area contributed by atoms with Crippen LogP contribution in [0.2, 0.25) is 0 Å². The Labute approximate surface area is 126 Å². The number of carboxylic acid groups (broad SMARTS) is 1. The first-order valence-corrected chi connectivity index (χ1v) is 7.98. The average Bonchev–Trinajstić information content (AvgIpc) is 2.75. The zero-order valence-corrected chi connectivity index (χ0v) is 12.6. The van der Waals surface area contributed by atoms with Crippen LogP contribution in [0.25, 0.3) is 0 Å². The van der Waals surface area contributed by atoms with Crippen LogP contribution in [-0.4, -0.2) is 72.2 Å². The molecule has 0 aromatic heterocycles. The molecule has 2 aliphatic rings. The highest BCUT2D eigenvalue weighted by atomic mass is 16.5. The molecule has 0 spiro atoms. The van der Waals surface area contributed by atoms with Crippen LogP contribution in [0.3, 0.4) is 0 Å². The number of carboxylic acids is 1. The van der Waals surface area contributed by atoms with Gasteiger partial charge in [-0.2, -0.15) is 0 Å². The van der Waals surface area contributed by atoms with Gasteiger partial charge in [0.1, 0.15) is 6.61 Å². The van der Waals surface area contributed by atoms with Gasteiger partial charge in [-0.15, -0.1) is 0 Å². The van der Waals surface area contributed by atoms with Crippen LogP contribution in [-0.2, 0) is 14.3 Å². The predicted octanol–water partition coefficient (Wildman–Crippen LogP) is 0.955. The lowest BCUT2D eigenvalue weighted by molar-refractivity contribution is -0.145. The monoisotopic (exact) mass is 298 g/mol. The molecule has 2 rings (SSSR count). The van der Waals surface area contributed by atoms with Crippen LogP contribution in [0, 0.1) is 0 Å². The summed E-state index contributed by atoms with van der Waals surface area (Å²) < 4.78 is 5.31. The summed E-state index contributed by atoms with van der Waals surface area (Å²) in [6.07, 6.45) is 6.34. The molecule has 0 radical (unpaired) electrons. The van der Waals surface area contributed by atoms with Gasteiger partial charge < -0.3 is 14.7 Å². The SMILES string of the molecule is O=C(O)COC1CCN(CC(=O)N2CCCCCC2)CC1. The summed E-state index contributed by atoms with van der Waals surface area (Å²) in [5.74, 6) is -0.685. The zero-order valence-electron chi connectivity index (χ0n) is 12.6. The molecule has 2 heterocycles. The number of amides is 1. The Hall–Kier alpha value is -1.14. The standard InChI is InChI=1S/C15H26N2O4/c18-14(17-7-3-1-2-4-8-17)11-16-9-5-13(6-10-16)21-12-15(19)20/h13H,1-12H2,(H,19,20). The Morgan fingerprint density at radius 2 is 1.62 bits per heavy atom. The summed E-state index contributed by atoms with van der Waals surface area (Å²) in [5.41, 5.74) is 0. The number of carbonyl (C=O) groups excluding carboxylic acids is 1. The summed E-state index contributed by atoms with van der Waals surface area (Å²) in [7, 11) is 0. The molecule has 21 heavy (non-hydrogen) atoms. The smallest absolute Gasteiger partial charge is 0.329 e. The molecule has 6 heteroatoms. The van der Waals surface area contributed by atoms with Gasteiger partial charge in [0.15, 0.2) is 0 Å². The van der Waals surface area contributed by atoms with E-state index in [0.29, 0.717) is 6.54 Å². The van der Waals surface area contributed by atoms with Crippen LogP contribution in [0.15, 0.2) is 0 Å². The van der Waals surface area contributed by atoms with Crippen LogP contribution in [0.5, 0.6) is 0 Å². The lowest BCUT2D eigenvalue weighted by Crippen LogP contribution is -2.45. The summed E-state index contributed by atoms with van der Waals surface area (Å²) in [4.78, 5) is 26.9. The fraction of sp³-hybridized carbons (Fsp3) is 0.867. The van der Waals surface area contributed by atoms with E-state index in [0.717, 1.165) is 51.9 Å². The van der Waals surface area contributed by atoms with Gasteiger partial charge in [0.2, 0.25) is 5.91 Å². The van der Waals surface area contributed by atoms with Crippen molar-refractivity contribution in [1.82, 2.24) is 9.80 Å².